The predicted molar refractivity (Wildman–Crippen MR) is 254 cm³/mol. The first-order chi connectivity index (χ1) is 29.9. The van der Waals surface area contributed by atoms with Crippen LogP contribution in [0.5, 0.6) is 0 Å². The van der Waals surface area contributed by atoms with Crippen LogP contribution in [0.15, 0.2) is 11.6 Å². The van der Waals surface area contributed by atoms with Crippen molar-refractivity contribution in [3.05, 3.63) is 11.6 Å². The topological polar surface area (TPSA) is 118 Å². The van der Waals surface area contributed by atoms with Crippen molar-refractivity contribution in [2.24, 2.45) is 46.3 Å². The minimum absolute atomic E-state index is 0.00920. The molecule has 0 saturated heterocycles. The largest absolute Gasteiger partial charge is 0.509 e. The quantitative estimate of drug-likeness (QED) is 0.0247. The van der Waals surface area contributed by atoms with Crippen LogP contribution >= 0.6 is 7.82 Å². The number of allylic oxidation sites excluding steroid dienone is 1. The Hall–Kier alpha value is -1.45. The molecule has 10 atom stereocenters. The molecule has 63 heavy (non-hydrogen) atoms. The van der Waals surface area contributed by atoms with Gasteiger partial charge in [0.25, 0.3) is 0 Å². The number of carbonyl (C=O) groups is 2. The van der Waals surface area contributed by atoms with Crippen LogP contribution in [0.1, 0.15) is 202 Å². The summed E-state index contributed by atoms with van der Waals surface area (Å²) in [5.74, 6) is 4.17. The zero-order chi connectivity index (χ0) is 46.1. The van der Waals surface area contributed by atoms with Gasteiger partial charge in [-0.1, -0.05) is 150 Å². The Morgan fingerprint density at radius 1 is 0.810 bits per heavy atom. The average Bonchev–Trinajstić information content (AvgIpc) is 3.57. The number of quaternary nitrogens is 1. The van der Waals surface area contributed by atoms with Crippen molar-refractivity contribution in [1.29, 1.82) is 0 Å². The number of phosphoric ester groups is 1. The molecule has 1 N–H and O–H groups in total. The van der Waals surface area contributed by atoms with E-state index < -0.39 is 32.7 Å². The Kier molecular flexibility index (Phi) is 22.5. The molecule has 0 aromatic carbocycles. The van der Waals surface area contributed by atoms with Crippen LogP contribution < -0.4 is 0 Å². The molecule has 0 heterocycles. The van der Waals surface area contributed by atoms with E-state index >= 15 is 0 Å². The van der Waals surface area contributed by atoms with Crippen LogP contribution in [0.2, 0.25) is 0 Å². The van der Waals surface area contributed by atoms with E-state index in [0.29, 0.717) is 28.8 Å². The van der Waals surface area contributed by atoms with Crippen molar-refractivity contribution >= 4 is 19.9 Å². The van der Waals surface area contributed by atoms with Crippen molar-refractivity contribution in [2.45, 2.75) is 214 Å². The molecule has 0 spiro atoms. The fourth-order valence-electron chi connectivity index (χ4n) is 12.4. The van der Waals surface area contributed by atoms with Gasteiger partial charge in [0.2, 0.25) is 0 Å². The molecule has 0 aromatic rings. The minimum atomic E-state index is -4.46. The molecular weight excluding hydrogens is 814 g/mol. The summed E-state index contributed by atoms with van der Waals surface area (Å²) in [6.07, 6.45) is 29.1. The summed E-state index contributed by atoms with van der Waals surface area (Å²) in [5, 5.41) is 0. The van der Waals surface area contributed by atoms with E-state index in [1.54, 1.807) is 0 Å². The van der Waals surface area contributed by atoms with Gasteiger partial charge in [0.15, 0.2) is 6.10 Å². The van der Waals surface area contributed by atoms with Crippen molar-refractivity contribution < 1.29 is 46.8 Å². The van der Waals surface area contributed by atoms with Gasteiger partial charge in [-0.2, -0.15) is 0 Å². The van der Waals surface area contributed by atoms with Crippen molar-refractivity contribution in [3.63, 3.8) is 0 Å². The molecule has 0 radical (unpaired) electrons. The van der Waals surface area contributed by atoms with E-state index in [2.05, 4.69) is 47.6 Å². The zero-order valence-corrected chi connectivity index (χ0v) is 42.7. The van der Waals surface area contributed by atoms with E-state index in [-0.39, 0.29) is 31.2 Å². The lowest BCUT2D eigenvalue weighted by molar-refractivity contribution is -0.870. The molecule has 0 aliphatic heterocycles. The zero-order valence-electron chi connectivity index (χ0n) is 41.8. The van der Waals surface area contributed by atoms with Crippen molar-refractivity contribution in [1.82, 2.24) is 0 Å². The van der Waals surface area contributed by atoms with Gasteiger partial charge in [-0.15, -0.1) is 0 Å². The third kappa shape index (κ3) is 17.6. The molecule has 0 aromatic heterocycles. The number of ether oxygens (including phenoxy) is 3. The second-order valence-corrected chi connectivity index (χ2v) is 24.0. The first-order valence-corrected chi connectivity index (χ1v) is 27.5. The van der Waals surface area contributed by atoms with Gasteiger partial charge in [0, 0.05) is 12.8 Å². The molecule has 3 saturated carbocycles. The number of esters is 1. The third-order valence-corrected chi connectivity index (χ3v) is 17.1. The molecule has 0 bridgehead atoms. The number of nitrogens with zero attached hydrogens (tertiary/aromatic N) is 1. The summed E-state index contributed by atoms with van der Waals surface area (Å²) in [6.45, 7) is 14.3. The average molecular weight is 909 g/mol. The normalized spacial score (nSPS) is 28.9. The lowest BCUT2D eigenvalue weighted by Gasteiger charge is -2.58. The van der Waals surface area contributed by atoms with Gasteiger partial charge in [0.05, 0.1) is 27.7 Å². The highest BCUT2D eigenvalue weighted by molar-refractivity contribution is 7.47. The molecule has 11 heteroatoms. The monoisotopic (exact) mass is 909 g/mol. The number of phosphoric acid groups is 1. The van der Waals surface area contributed by atoms with E-state index in [0.717, 1.165) is 68.1 Å². The van der Waals surface area contributed by atoms with E-state index in [9.17, 15) is 19.0 Å². The summed E-state index contributed by atoms with van der Waals surface area (Å²) in [6, 6.07) is 0. The number of unbranched alkanes of at least 4 members (excludes halogenated alkanes) is 12. The Morgan fingerprint density at radius 2 is 1.46 bits per heavy atom. The minimum Gasteiger partial charge on any atom is -0.462 e. The van der Waals surface area contributed by atoms with E-state index in [1.807, 2.05) is 21.1 Å². The maximum absolute atomic E-state index is 13.4. The lowest BCUT2D eigenvalue weighted by atomic mass is 9.47. The maximum Gasteiger partial charge on any atom is 0.509 e. The van der Waals surface area contributed by atoms with Crippen LogP contribution in [0, 0.1) is 46.3 Å². The Balaban J connectivity index is 1.25. The smallest absolute Gasteiger partial charge is 0.462 e. The molecule has 3 fully saturated rings. The first kappa shape index (κ1) is 54.2. The Morgan fingerprint density at radius 3 is 2.10 bits per heavy atom. The summed E-state index contributed by atoms with van der Waals surface area (Å²) in [5.41, 5.74) is 1.97. The highest BCUT2D eigenvalue weighted by atomic mass is 31.2. The van der Waals surface area contributed by atoms with Crippen LogP contribution in [-0.2, 0) is 32.6 Å². The van der Waals surface area contributed by atoms with Gasteiger partial charge in [-0.25, -0.2) is 9.36 Å². The number of fused-ring (bicyclic) bond motifs is 5. The van der Waals surface area contributed by atoms with Crippen LogP contribution in [0.25, 0.3) is 0 Å². The molecule has 1 unspecified atom stereocenters. The van der Waals surface area contributed by atoms with E-state index in [1.165, 1.54) is 115 Å². The van der Waals surface area contributed by atoms with Gasteiger partial charge < -0.3 is 23.6 Å². The van der Waals surface area contributed by atoms with Gasteiger partial charge >= 0.3 is 19.9 Å². The second kappa shape index (κ2) is 26.2. The fraction of sp³-hybridized carbons (Fsp3) is 0.923. The fourth-order valence-corrected chi connectivity index (χ4v) is 13.1. The number of carbonyl (C=O) groups excluding carboxylic acids is 2. The molecule has 4 aliphatic rings. The van der Waals surface area contributed by atoms with Crippen LogP contribution in [0.4, 0.5) is 4.79 Å². The Bertz CT molecular complexity index is 1450. The third-order valence-electron chi connectivity index (χ3n) is 16.1. The van der Waals surface area contributed by atoms with Crippen molar-refractivity contribution in [2.75, 3.05) is 47.5 Å². The summed E-state index contributed by atoms with van der Waals surface area (Å²) in [4.78, 5) is 36.5. The maximum atomic E-state index is 13.4. The summed E-state index contributed by atoms with van der Waals surface area (Å²) in [7, 11) is 1.40. The molecule has 10 nitrogen and oxygen atoms in total. The van der Waals surface area contributed by atoms with Crippen LogP contribution in [0.3, 0.4) is 0 Å². The van der Waals surface area contributed by atoms with Gasteiger partial charge in [-0.05, 0) is 97.7 Å². The standard InChI is InChI=1S/C52H94NO9P/c1-10-11-12-13-14-15-16-17-18-19-20-21-22-26-49(54)58-38-44(39-60-63(56,57)59-36-35-53(7,8)9)62-50(55)61-43-31-33-51(5)42(37-43)27-28-45-47-30-29-46(41(4)25-23-24-40(2)3)52(47,6)34-32-48(45)51/h27,40-41,43-48H,10-26,28-39H2,1-9H3/p+1/t41-,43+,44+,45+,46-,47+,48+,51+,52-/m1/s1. The lowest BCUT2D eigenvalue weighted by Crippen LogP contribution is -2.51. The molecule has 366 valence electrons. The SMILES string of the molecule is CCCCCCCCCCCCCCCC(=O)OC[C@@H](COP(=O)(O)OCC[N+](C)(C)C)OC(=O)O[C@H]1CC[C@@]2(C)C(=CC[C@H]3[C@@H]4CC[C@H]([C@H](C)CCCC(C)C)[C@@]4(C)CC[C@@H]32)C1. The molecule has 0 amide bonds. The number of hydrogen-bond acceptors (Lipinski definition) is 8. The number of likely N-dealkylation sites (N-methyl/N-ethyl adjacent to an activating group) is 1. The van der Waals surface area contributed by atoms with Crippen molar-refractivity contribution in [3.8, 4) is 0 Å². The number of hydrogen-bond donors (Lipinski definition) is 1. The molecule has 4 rings (SSSR count). The highest BCUT2D eigenvalue weighted by Crippen LogP contribution is 2.67. The number of rotatable bonds is 30. The molecular formula is C52H95NO9P+. The summed E-state index contributed by atoms with van der Waals surface area (Å²) >= 11 is 0. The Labute approximate surface area is 385 Å². The molecule has 4 aliphatic carbocycles. The summed E-state index contributed by atoms with van der Waals surface area (Å²) < 4.78 is 40.9. The second-order valence-electron chi connectivity index (χ2n) is 22.5. The van der Waals surface area contributed by atoms with Crippen LogP contribution in [-0.4, -0.2) is 81.2 Å². The predicted octanol–water partition coefficient (Wildman–Crippen LogP) is 13.8. The van der Waals surface area contributed by atoms with Gasteiger partial charge in [-0.3, -0.25) is 13.8 Å². The highest BCUT2D eigenvalue weighted by Gasteiger charge is 2.59. The first-order valence-electron chi connectivity index (χ1n) is 26.0. The van der Waals surface area contributed by atoms with E-state index in [4.69, 9.17) is 23.3 Å². The van der Waals surface area contributed by atoms with Gasteiger partial charge in [0.1, 0.15) is 25.9 Å².